The summed E-state index contributed by atoms with van der Waals surface area (Å²) in [6.07, 6.45) is 2.17. The van der Waals surface area contributed by atoms with E-state index in [9.17, 15) is 10.1 Å². The zero-order valence-corrected chi connectivity index (χ0v) is 18.1. The molecule has 0 bridgehead atoms. The summed E-state index contributed by atoms with van der Waals surface area (Å²) < 4.78 is 5.27. The third-order valence-electron chi connectivity index (χ3n) is 5.41. The van der Waals surface area contributed by atoms with E-state index in [1.807, 2.05) is 48.5 Å². The summed E-state index contributed by atoms with van der Waals surface area (Å²) in [5.41, 5.74) is 4.33. The zero-order valence-electron chi connectivity index (χ0n) is 16.6. The normalized spacial score (nSPS) is 18.6. The van der Waals surface area contributed by atoms with Crippen LogP contribution in [-0.4, -0.2) is 12.9 Å². The quantitative estimate of drug-likeness (QED) is 0.650. The highest BCUT2D eigenvalue weighted by Crippen LogP contribution is 2.44. The molecule has 1 unspecified atom stereocenters. The molecule has 0 radical (unpaired) electrons. The summed E-state index contributed by atoms with van der Waals surface area (Å²) in [5, 5.41) is 15.0. The second kappa shape index (κ2) is 8.99. The molecular weight excluding hydrogens is 416 g/mol. The predicted octanol–water partition coefficient (Wildman–Crippen LogP) is 5.71. The average molecular weight is 437 g/mol. The first-order chi connectivity index (χ1) is 14.6. The summed E-state index contributed by atoms with van der Waals surface area (Å²) in [6.45, 7) is 0. The Morgan fingerprint density at radius 2 is 1.90 bits per heavy atom. The van der Waals surface area contributed by atoms with E-state index in [4.69, 9.17) is 16.3 Å². The molecule has 0 saturated heterocycles. The number of nitriles is 1. The molecule has 152 valence electrons. The van der Waals surface area contributed by atoms with Crippen LogP contribution in [0.15, 0.2) is 70.4 Å². The van der Waals surface area contributed by atoms with Crippen molar-refractivity contribution in [1.29, 1.82) is 5.26 Å². The zero-order chi connectivity index (χ0) is 21.1. The Morgan fingerprint density at radius 1 is 1.17 bits per heavy atom. The number of ether oxygens (including phenoxy) is 1. The number of halogens is 1. The molecule has 1 aliphatic heterocycles. The molecule has 0 saturated carbocycles. The molecule has 0 amide bonds. The van der Waals surface area contributed by atoms with E-state index in [-0.39, 0.29) is 11.7 Å². The van der Waals surface area contributed by atoms with Crippen LogP contribution in [0.4, 0.5) is 0 Å². The fraction of sp³-hybridized carbons (Fsp3) is 0.250. The van der Waals surface area contributed by atoms with Crippen LogP contribution in [0, 0.1) is 11.3 Å². The van der Waals surface area contributed by atoms with Gasteiger partial charge < -0.3 is 10.1 Å². The fourth-order valence-electron chi connectivity index (χ4n) is 3.90. The number of methoxy groups -OCH3 is 1. The van der Waals surface area contributed by atoms with Gasteiger partial charge in [0.2, 0.25) is 0 Å². The summed E-state index contributed by atoms with van der Waals surface area (Å²) in [5.74, 6) is 1.23. The summed E-state index contributed by atoms with van der Waals surface area (Å²) in [4.78, 5) is 12.8. The van der Waals surface area contributed by atoms with Crippen LogP contribution in [0.3, 0.4) is 0 Å². The van der Waals surface area contributed by atoms with Crippen molar-refractivity contribution < 1.29 is 9.53 Å². The Morgan fingerprint density at radius 3 is 2.57 bits per heavy atom. The molecule has 2 aliphatic rings. The lowest BCUT2D eigenvalue weighted by Gasteiger charge is -2.33. The molecule has 6 heteroatoms. The third kappa shape index (κ3) is 4.12. The van der Waals surface area contributed by atoms with Gasteiger partial charge in [0.05, 0.1) is 29.7 Å². The highest BCUT2D eigenvalue weighted by atomic mass is 35.5. The molecule has 2 aromatic carbocycles. The molecule has 4 rings (SSSR count). The van der Waals surface area contributed by atoms with Crippen molar-refractivity contribution in [3.8, 4) is 11.8 Å². The van der Waals surface area contributed by atoms with Gasteiger partial charge in [0.1, 0.15) is 5.75 Å². The van der Waals surface area contributed by atoms with E-state index in [0.29, 0.717) is 22.8 Å². The second-order valence-corrected chi connectivity index (χ2v) is 8.69. The SMILES string of the molecule is COc1ccc(C2C(C#N)=C(SCc3ccc(Cl)cc3)NC3=C2C(=O)CCC3)cc1. The summed E-state index contributed by atoms with van der Waals surface area (Å²) in [6, 6.07) is 17.7. The van der Waals surface area contributed by atoms with Gasteiger partial charge in [-0.25, -0.2) is 0 Å². The lowest BCUT2D eigenvalue weighted by Crippen LogP contribution is -2.31. The van der Waals surface area contributed by atoms with Gasteiger partial charge in [0.25, 0.3) is 0 Å². The number of ketones is 1. The number of benzene rings is 2. The van der Waals surface area contributed by atoms with Crippen LogP contribution in [0.5, 0.6) is 5.75 Å². The molecule has 1 aliphatic carbocycles. The van der Waals surface area contributed by atoms with Crippen molar-refractivity contribution in [2.75, 3.05) is 7.11 Å². The molecule has 0 fully saturated rings. The van der Waals surface area contributed by atoms with Crippen LogP contribution >= 0.6 is 23.4 Å². The monoisotopic (exact) mass is 436 g/mol. The van der Waals surface area contributed by atoms with Gasteiger partial charge in [-0.05, 0) is 48.2 Å². The van der Waals surface area contributed by atoms with E-state index < -0.39 is 0 Å². The van der Waals surface area contributed by atoms with Gasteiger partial charge in [-0.2, -0.15) is 5.26 Å². The Bertz CT molecular complexity index is 1070. The largest absolute Gasteiger partial charge is 0.497 e. The number of hydrogen-bond acceptors (Lipinski definition) is 5. The van der Waals surface area contributed by atoms with E-state index in [0.717, 1.165) is 46.0 Å². The first-order valence-corrected chi connectivity index (χ1v) is 11.2. The van der Waals surface area contributed by atoms with Gasteiger partial charge >= 0.3 is 0 Å². The molecule has 0 aromatic heterocycles. The molecule has 1 N–H and O–H groups in total. The van der Waals surface area contributed by atoms with Gasteiger partial charge in [-0.1, -0.05) is 35.9 Å². The molecule has 1 heterocycles. The van der Waals surface area contributed by atoms with Crippen molar-refractivity contribution in [3.63, 3.8) is 0 Å². The highest BCUT2D eigenvalue weighted by Gasteiger charge is 2.36. The molecule has 0 spiro atoms. The minimum absolute atomic E-state index is 0.124. The maximum absolute atomic E-state index is 12.8. The van der Waals surface area contributed by atoms with Crippen molar-refractivity contribution >= 4 is 29.1 Å². The number of rotatable bonds is 5. The second-order valence-electron chi connectivity index (χ2n) is 7.27. The minimum Gasteiger partial charge on any atom is -0.497 e. The number of nitrogens with one attached hydrogen (secondary N) is 1. The van der Waals surface area contributed by atoms with Crippen molar-refractivity contribution in [3.05, 3.63) is 86.6 Å². The van der Waals surface area contributed by atoms with E-state index in [1.54, 1.807) is 18.9 Å². The lowest BCUT2D eigenvalue weighted by atomic mass is 9.77. The van der Waals surface area contributed by atoms with E-state index in [2.05, 4.69) is 11.4 Å². The van der Waals surface area contributed by atoms with Gasteiger partial charge in [0.15, 0.2) is 5.78 Å². The number of hydrogen-bond donors (Lipinski definition) is 1. The predicted molar refractivity (Wildman–Crippen MR) is 120 cm³/mol. The maximum Gasteiger partial charge on any atom is 0.161 e. The fourth-order valence-corrected chi connectivity index (χ4v) is 5.05. The standard InChI is InChI=1S/C24H21ClN2O2S/c1-29-18-11-7-16(8-12-18)22-19(13-26)24(27-20-3-2-4-21(28)23(20)22)30-14-15-5-9-17(25)10-6-15/h5-12,22,27H,2-4,14H2,1H3. The number of nitrogens with zero attached hydrogens (tertiary/aromatic N) is 1. The van der Waals surface area contributed by atoms with Crippen LogP contribution < -0.4 is 10.1 Å². The number of dihydropyridines is 1. The third-order valence-corrected chi connectivity index (χ3v) is 6.75. The first-order valence-electron chi connectivity index (χ1n) is 9.79. The van der Waals surface area contributed by atoms with Crippen LogP contribution in [0.2, 0.25) is 5.02 Å². The van der Waals surface area contributed by atoms with Gasteiger partial charge in [0, 0.05) is 28.5 Å². The Balaban J connectivity index is 1.72. The topological polar surface area (TPSA) is 62.1 Å². The molecular formula is C24H21ClN2O2S. The number of carbonyl (C=O) groups excluding carboxylic acids is 1. The minimum atomic E-state index is -0.349. The van der Waals surface area contributed by atoms with Crippen LogP contribution in [-0.2, 0) is 10.5 Å². The highest BCUT2D eigenvalue weighted by molar-refractivity contribution is 8.02. The number of carbonyl (C=O) groups is 1. The Hall–Kier alpha value is -2.68. The van der Waals surface area contributed by atoms with E-state index >= 15 is 0 Å². The van der Waals surface area contributed by atoms with Crippen LogP contribution in [0.1, 0.15) is 36.3 Å². The molecule has 30 heavy (non-hydrogen) atoms. The Kier molecular flexibility index (Phi) is 6.17. The number of allylic oxidation sites excluding steroid dienone is 3. The first kappa shape index (κ1) is 20.6. The summed E-state index contributed by atoms with van der Waals surface area (Å²) >= 11 is 7.57. The smallest absolute Gasteiger partial charge is 0.161 e. The molecule has 4 nitrogen and oxygen atoms in total. The average Bonchev–Trinajstić information content (AvgIpc) is 2.78. The van der Waals surface area contributed by atoms with Crippen LogP contribution in [0.25, 0.3) is 0 Å². The van der Waals surface area contributed by atoms with Crippen molar-refractivity contribution in [1.82, 2.24) is 5.32 Å². The van der Waals surface area contributed by atoms with E-state index in [1.165, 1.54) is 0 Å². The number of Topliss-reactive ketones (excluding diaryl/α,β-unsaturated/α-hetero) is 1. The van der Waals surface area contributed by atoms with Crippen molar-refractivity contribution in [2.24, 2.45) is 0 Å². The molecule has 1 atom stereocenters. The van der Waals surface area contributed by atoms with Gasteiger partial charge in [-0.15, -0.1) is 11.8 Å². The lowest BCUT2D eigenvalue weighted by molar-refractivity contribution is -0.116. The number of thioether (sulfide) groups is 1. The molecule has 2 aromatic rings. The van der Waals surface area contributed by atoms with Gasteiger partial charge in [-0.3, -0.25) is 4.79 Å². The van der Waals surface area contributed by atoms with Crippen molar-refractivity contribution in [2.45, 2.75) is 30.9 Å². The Labute approximate surface area is 185 Å². The maximum atomic E-state index is 12.8. The summed E-state index contributed by atoms with van der Waals surface area (Å²) in [7, 11) is 1.62.